The summed E-state index contributed by atoms with van der Waals surface area (Å²) in [7, 11) is 0. The van der Waals surface area contributed by atoms with Crippen LogP contribution in [0, 0.1) is 0 Å². The summed E-state index contributed by atoms with van der Waals surface area (Å²) in [5.41, 5.74) is 2.89. The van der Waals surface area contributed by atoms with E-state index in [2.05, 4.69) is 44.1 Å². The van der Waals surface area contributed by atoms with Gasteiger partial charge in [-0.05, 0) is 31.2 Å². The van der Waals surface area contributed by atoms with E-state index in [1.54, 1.807) is 12.4 Å². The van der Waals surface area contributed by atoms with E-state index in [0.29, 0.717) is 4.88 Å². The number of fused-ring (bicyclic) bond motifs is 1. The number of thiophene rings is 1. The molecule has 4 heterocycles. The monoisotopic (exact) mass is 523 g/mol. The van der Waals surface area contributed by atoms with E-state index in [0.717, 1.165) is 65.8 Å². The molecule has 8 nitrogen and oxygen atoms in total. The minimum Gasteiger partial charge on any atom is -0.348 e. The molecule has 2 aromatic carbocycles. The second kappa shape index (κ2) is 10.7. The first-order valence-corrected chi connectivity index (χ1v) is 13.7. The van der Waals surface area contributed by atoms with E-state index in [-0.39, 0.29) is 11.9 Å². The molecule has 5 aromatic rings. The van der Waals surface area contributed by atoms with Crippen LogP contribution in [0.15, 0.2) is 85.2 Å². The van der Waals surface area contributed by atoms with Crippen LogP contribution in [0.1, 0.15) is 16.6 Å². The summed E-state index contributed by atoms with van der Waals surface area (Å²) in [6, 6.07) is 24.0. The Morgan fingerprint density at radius 2 is 1.63 bits per heavy atom. The van der Waals surface area contributed by atoms with E-state index >= 15 is 0 Å². The summed E-state index contributed by atoms with van der Waals surface area (Å²) < 4.78 is 1.94. The van der Waals surface area contributed by atoms with Gasteiger partial charge < -0.3 is 10.2 Å². The maximum atomic E-state index is 13.3. The molecule has 0 spiro atoms. The fraction of sp³-hybridized carbons (Fsp3) is 0.241. The standard InChI is InChI=1S/C29H29N7OS/c1-21(20-34-15-17-35(18-16-34)29-30-13-8-14-31-29)32-27(37)25-19-24-26(22-9-4-2-5-10-22)33-36(28(24)38-25)23-11-6-3-7-12-23/h2-14,19,21H,15-18,20H2,1H3,(H,32,37). The predicted octanol–water partition coefficient (Wildman–Crippen LogP) is 4.48. The third-order valence-electron chi connectivity index (χ3n) is 6.75. The summed E-state index contributed by atoms with van der Waals surface area (Å²) in [6.07, 6.45) is 3.56. The SMILES string of the molecule is CC(CN1CCN(c2ncccn2)CC1)NC(=O)c1cc2c(-c3ccccc3)nn(-c3ccccc3)c2s1. The molecule has 1 atom stereocenters. The fourth-order valence-corrected chi connectivity index (χ4v) is 5.92. The summed E-state index contributed by atoms with van der Waals surface area (Å²) in [5.74, 6) is 0.732. The largest absolute Gasteiger partial charge is 0.348 e. The van der Waals surface area contributed by atoms with E-state index in [1.165, 1.54) is 11.3 Å². The van der Waals surface area contributed by atoms with Gasteiger partial charge in [-0.1, -0.05) is 48.5 Å². The van der Waals surface area contributed by atoms with Crippen LogP contribution in [0.25, 0.3) is 27.2 Å². The van der Waals surface area contributed by atoms with Gasteiger partial charge in [0.05, 0.1) is 10.6 Å². The summed E-state index contributed by atoms with van der Waals surface area (Å²) in [5, 5.41) is 9.14. The molecule has 1 amide bonds. The van der Waals surface area contributed by atoms with Gasteiger partial charge in [-0.15, -0.1) is 11.3 Å². The highest BCUT2D eigenvalue weighted by molar-refractivity contribution is 7.20. The number of rotatable bonds is 7. The van der Waals surface area contributed by atoms with Crippen LogP contribution in [-0.2, 0) is 0 Å². The summed E-state index contributed by atoms with van der Waals surface area (Å²) in [6.45, 7) is 6.44. The third kappa shape index (κ3) is 5.03. The number of amides is 1. The number of nitrogens with one attached hydrogen (secondary N) is 1. The lowest BCUT2D eigenvalue weighted by molar-refractivity contribution is 0.0932. The molecule has 0 bridgehead atoms. The van der Waals surface area contributed by atoms with Crippen molar-refractivity contribution < 1.29 is 4.79 Å². The zero-order valence-electron chi connectivity index (χ0n) is 21.2. The van der Waals surface area contributed by atoms with Crippen LogP contribution in [0.4, 0.5) is 5.95 Å². The first-order valence-electron chi connectivity index (χ1n) is 12.8. The molecule has 9 heteroatoms. The van der Waals surface area contributed by atoms with Crippen LogP contribution >= 0.6 is 11.3 Å². The Bertz CT molecular complexity index is 1440. The van der Waals surface area contributed by atoms with Crippen molar-refractivity contribution in [3.8, 4) is 16.9 Å². The number of piperazine rings is 1. The van der Waals surface area contributed by atoms with Crippen LogP contribution in [0.3, 0.4) is 0 Å². The van der Waals surface area contributed by atoms with Crippen LogP contribution in [0.5, 0.6) is 0 Å². The van der Waals surface area contributed by atoms with Crippen molar-refractivity contribution in [2.24, 2.45) is 0 Å². The minimum absolute atomic E-state index is 0.0199. The van der Waals surface area contributed by atoms with Crippen molar-refractivity contribution in [2.45, 2.75) is 13.0 Å². The number of anilines is 1. The molecule has 0 radical (unpaired) electrons. The zero-order chi connectivity index (χ0) is 25.9. The van der Waals surface area contributed by atoms with Gasteiger partial charge in [0, 0.05) is 62.1 Å². The Kier molecular flexibility index (Phi) is 6.85. The molecule has 1 fully saturated rings. The molecule has 1 unspecified atom stereocenters. The van der Waals surface area contributed by atoms with Crippen molar-refractivity contribution in [2.75, 3.05) is 37.6 Å². The summed E-state index contributed by atoms with van der Waals surface area (Å²) >= 11 is 1.48. The van der Waals surface area contributed by atoms with Crippen molar-refractivity contribution >= 4 is 33.4 Å². The average molecular weight is 524 g/mol. The molecule has 6 rings (SSSR count). The fourth-order valence-electron chi connectivity index (χ4n) is 4.89. The number of carbonyl (C=O) groups is 1. The Morgan fingerprint density at radius 1 is 0.947 bits per heavy atom. The molecule has 38 heavy (non-hydrogen) atoms. The first kappa shape index (κ1) is 24.3. The van der Waals surface area contributed by atoms with Gasteiger partial charge in [0.25, 0.3) is 5.91 Å². The normalized spacial score (nSPS) is 15.0. The molecule has 0 aliphatic carbocycles. The van der Waals surface area contributed by atoms with Crippen molar-refractivity contribution in [1.29, 1.82) is 0 Å². The number of aromatic nitrogens is 4. The Hall–Kier alpha value is -4.08. The Labute approximate surface area is 225 Å². The van der Waals surface area contributed by atoms with Gasteiger partial charge in [-0.3, -0.25) is 9.69 Å². The highest BCUT2D eigenvalue weighted by Gasteiger charge is 2.23. The van der Waals surface area contributed by atoms with Gasteiger partial charge in [-0.2, -0.15) is 5.10 Å². The second-order valence-corrected chi connectivity index (χ2v) is 10.5. The number of benzene rings is 2. The Morgan fingerprint density at radius 3 is 2.34 bits per heavy atom. The van der Waals surface area contributed by atoms with Gasteiger partial charge in [0.1, 0.15) is 10.5 Å². The van der Waals surface area contributed by atoms with Crippen LogP contribution in [0.2, 0.25) is 0 Å². The van der Waals surface area contributed by atoms with E-state index < -0.39 is 0 Å². The van der Waals surface area contributed by atoms with E-state index in [9.17, 15) is 4.79 Å². The number of nitrogens with zero attached hydrogens (tertiary/aromatic N) is 6. The molecular weight excluding hydrogens is 494 g/mol. The topological polar surface area (TPSA) is 79.2 Å². The minimum atomic E-state index is -0.0476. The van der Waals surface area contributed by atoms with Crippen molar-refractivity contribution in [3.63, 3.8) is 0 Å². The van der Waals surface area contributed by atoms with Crippen LogP contribution < -0.4 is 10.2 Å². The zero-order valence-corrected chi connectivity index (χ0v) is 22.0. The second-order valence-electron chi connectivity index (χ2n) is 9.50. The lowest BCUT2D eigenvalue weighted by Crippen LogP contribution is -2.51. The first-order chi connectivity index (χ1) is 18.7. The van der Waals surface area contributed by atoms with Gasteiger partial charge >= 0.3 is 0 Å². The number of carbonyl (C=O) groups excluding carboxylic acids is 1. The average Bonchev–Trinajstić information content (AvgIpc) is 3.55. The maximum Gasteiger partial charge on any atom is 0.261 e. The number of hydrogen-bond acceptors (Lipinski definition) is 7. The molecule has 1 aliphatic heterocycles. The lowest BCUT2D eigenvalue weighted by atomic mass is 10.1. The van der Waals surface area contributed by atoms with Crippen LogP contribution in [-0.4, -0.2) is 69.3 Å². The predicted molar refractivity (Wildman–Crippen MR) is 152 cm³/mol. The maximum absolute atomic E-state index is 13.3. The molecular formula is C29H29N7OS. The quantitative estimate of drug-likeness (QED) is 0.339. The van der Waals surface area contributed by atoms with Gasteiger partial charge in [-0.25, -0.2) is 14.6 Å². The molecule has 1 saturated heterocycles. The van der Waals surface area contributed by atoms with E-state index in [1.807, 2.05) is 65.3 Å². The highest BCUT2D eigenvalue weighted by Crippen LogP contribution is 2.35. The van der Waals surface area contributed by atoms with E-state index in [4.69, 9.17) is 5.10 Å². The summed E-state index contributed by atoms with van der Waals surface area (Å²) in [4.78, 5) is 28.3. The lowest BCUT2D eigenvalue weighted by Gasteiger charge is -2.35. The molecule has 0 saturated carbocycles. The molecule has 192 valence electrons. The smallest absolute Gasteiger partial charge is 0.261 e. The van der Waals surface area contributed by atoms with Gasteiger partial charge in [0.2, 0.25) is 5.95 Å². The third-order valence-corrected chi connectivity index (χ3v) is 7.86. The van der Waals surface area contributed by atoms with Crippen molar-refractivity contribution in [1.82, 2.24) is 30.0 Å². The molecule has 1 N–H and O–H groups in total. The molecule has 1 aliphatic rings. The highest BCUT2D eigenvalue weighted by atomic mass is 32.1. The molecule has 3 aromatic heterocycles. The number of para-hydroxylation sites is 1. The Balaban J connectivity index is 1.17. The number of hydrogen-bond donors (Lipinski definition) is 1. The van der Waals surface area contributed by atoms with Gasteiger partial charge in [0.15, 0.2) is 0 Å². The van der Waals surface area contributed by atoms with Crippen molar-refractivity contribution in [3.05, 3.63) is 90.1 Å².